The van der Waals surface area contributed by atoms with Crippen LogP contribution in [0.25, 0.3) is 0 Å². The average Bonchev–Trinajstić information content (AvgIpc) is 2.82. The number of amides is 3. The third kappa shape index (κ3) is 4.00. The zero-order valence-electron chi connectivity index (χ0n) is 13.6. The van der Waals surface area contributed by atoms with E-state index in [1.807, 2.05) is 45.0 Å². The third-order valence-electron chi connectivity index (χ3n) is 4.16. The summed E-state index contributed by atoms with van der Waals surface area (Å²) in [6.07, 6.45) is 0.888. The van der Waals surface area contributed by atoms with Crippen LogP contribution in [0, 0.1) is 6.92 Å². The molecule has 1 heterocycles. The fourth-order valence-electron chi connectivity index (χ4n) is 2.52. The molecule has 1 aliphatic rings. The van der Waals surface area contributed by atoms with E-state index in [1.165, 1.54) is 5.56 Å². The van der Waals surface area contributed by atoms with Crippen molar-refractivity contribution < 1.29 is 9.59 Å². The van der Waals surface area contributed by atoms with Crippen LogP contribution >= 0.6 is 0 Å². The largest absolute Gasteiger partial charge is 0.352 e. The molecule has 1 atom stereocenters. The van der Waals surface area contributed by atoms with Crippen molar-refractivity contribution >= 4 is 11.9 Å². The van der Waals surface area contributed by atoms with Gasteiger partial charge in [0.15, 0.2) is 0 Å². The zero-order chi connectivity index (χ0) is 16.1. The highest BCUT2D eigenvalue weighted by Gasteiger charge is 2.30. The molecule has 1 aliphatic heterocycles. The number of hydrogen-bond donors (Lipinski definition) is 1. The molecule has 0 bridgehead atoms. The molecule has 120 valence electrons. The minimum Gasteiger partial charge on any atom is -0.352 e. The van der Waals surface area contributed by atoms with Crippen LogP contribution in [-0.2, 0) is 11.3 Å². The normalized spacial score (nSPS) is 16.0. The lowest BCUT2D eigenvalue weighted by Crippen LogP contribution is -2.42. The fourth-order valence-corrected chi connectivity index (χ4v) is 2.52. The van der Waals surface area contributed by atoms with Crippen molar-refractivity contribution in [2.75, 3.05) is 19.6 Å². The monoisotopic (exact) mass is 303 g/mol. The highest BCUT2D eigenvalue weighted by Crippen LogP contribution is 2.15. The van der Waals surface area contributed by atoms with Crippen molar-refractivity contribution in [3.63, 3.8) is 0 Å². The maximum absolute atomic E-state index is 12.4. The summed E-state index contributed by atoms with van der Waals surface area (Å²) in [6.45, 7) is 8.07. The van der Waals surface area contributed by atoms with Gasteiger partial charge in [0.1, 0.15) is 6.54 Å². The van der Waals surface area contributed by atoms with Gasteiger partial charge in [0.05, 0.1) is 0 Å². The van der Waals surface area contributed by atoms with E-state index in [0.717, 1.165) is 12.0 Å². The Balaban J connectivity index is 1.90. The van der Waals surface area contributed by atoms with E-state index in [9.17, 15) is 9.59 Å². The van der Waals surface area contributed by atoms with Crippen molar-refractivity contribution in [2.24, 2.45) is 0 Å². The van der Waals surface area contributed by atoms with Crippen LogP contribution in [0.5, 0.6) is 0 Å². The lowest BCUT2D eigenvalue weighted by molar-refractivity contribution is -0.122. The Bertz CT molecular complexity index is 544. The van der Waals surface area contributed by atoms with E-state index in [0.29, 0.717) is 19.6 Å². The van der Waals surface area contributed by atoms with Crippen molar-refractivity contribution in [2.45, 2.75) is 39.8 Å². The summed E-state index contributed by atoms with van der Waals surface area (Å²) >= 11 is 0. The minimum atomic E-state index is -0.0829. The number of urea groups is 1. The second kappa shape index (κ2) is 7.29. The predicted octanol–water partition coefficient (Wildman–Crippen LogP) is 2.15. The van der Waals surface area contributed by atoms with Gasteiger partial charge in [-0.1, -0.05) is 31.2 Å². The van der Waals surface area contributed by atoms with Gasteiger partial charge in [0, 0.05) is 25.7 Å². The number of carbonyl (C=O) groups excluding carboxylic acids is 2. The second-order valence-electron chi connectivity index (χ2n) is 5.93. The Hall–Kier alpha value is -2.04. The van der Waals surface area contributed by atoms with Crippen molar-refractivity contribution in [1.82, 2.24) is 15.1 Å². The minimum absolute atomic E-state index is 0.0532. The van der Waals surface area contributed by atoms with Crippen LogP contribution in [0.2, 0.25) is 0 Å². The first-order valence-electron chi connectivity index (χ1n) is 7.89. The summed E-state index contributed by atoms with van der Waals surface area (Å²) in [5.41, 5.74) is 2.34. The van der Waals surface area contributed by atoms with E-state index in [-0.39, 0.29) is 24.5 Å². The van der Waals surface area contributed by atoms with Crippen LogP contribution in [0.3, 0.4) is 0 Å². The summed E-state index contributed by atoms with van der Waals surface area (Å²) in [6, 6.07) is 8.17. The first-order chi connectivity index (χ1) is 10.5. The first kappa shape index (κ1) is 16.3. The summed E-state index contributed by atoms with van der Waals surface area (Å²) in [4.78, 5) is 27.7. The van der Waals surface area contributed by atoms with Gasteiger partial charge in [-0.15, -0.1) is 0 Å². The van der Waals surface area contributed by atoms with Gasteiger partial charge < -0.3 is 15.1 Å². The molecule has 0 spiro atoms. The number of hydrogen-bond acceptors (Lipinski definition) is 2. The molecule has 0 aromatic heterocycles. The first-order valence-corrected chi connectivity index (χ1v) is 7.89. The molecular weight excluding hydrogens is 278 g/mol. The zero-order valence-corrected chi connectivity index (χ0v) is 13.6. The highest BCUT2D eigenvalue weighted by atomic mass is 16.2. The molecule has 22 heavy (non-hydrogen) atoms. The molecule has 3 amide bonds. The van der Waals surface area contributed by atoms with Crippen LogP contribution in [-0.4, -0.2) is 47.4 Å². The number of aryl methyl sites for hydroxylation is 1. The van der Waals surface area contributed by atoms with Crippen LogP contribution < -0.4 is 5.32 Å². The Kier molecular flexibility index (Phi) is 5.41. The van der Waals surface area contributed by atoms with E-state index >= 15 is 0 Å². The highest BCUT2D eigenvalue weighted by molar-refractivity contribution is 5.85. The van der Waals surface area contributed by atoms with E-state index in [1.54, 1.807) is 9.80 Å². The van der Waals surface area contributed by atoms with Gasteiger partial charge in [-0.05, 0) is 31.4 Å². The summed E-state index contributed by atoms with van der Waals surface area (Å²) in [5.74, 6) is -0.0829. The van der Waals surface area contributed by atoms with Crippen molar-refractivity contribution in [1.29, 1.82) is 0 Å². The topological polar surface area (TPSA) is 52.7 Å². The molecule has 1 N–H and O–H groups in total. The molecule has 5 nitrogen and oxygen atoms in total. The maximum Gasteiger partial charge on any atom is 0.320 e. The summed E-state index contributed by atoms with van der Waals surface area (Å²) in [5, 5.41) is 2.90. The number of carbonyl (C=O) groups is 2. The van der Waals surface area contributed by atoms with Gasteiger partial charge in [0.25, 0.3) is 0 Å². The lowest BCUT2D eigenvalue weighted by atomic mass is 10.1. The van der Waals surface area contributed by atoms with Crippen LogP contribution in [0.1, 0.15) is 31.4 Å². The SMILES string of the molecule is CCC(C)NC(=O)CN1CCN(Cc2ccccc2C)C1=O. The molecule has 1 aromatic rings. The Morgan fingerprint density at radius 2 is 1.95 bits per heavy atom. The molecule has 2 rings (SSSR count). The summed E-state index contributed by atoms with van der Waals surface area (Å²) < 4.78 is 0. The molecule has 1 unspecified atom stereocenters. The maximum atomic E-state index is 12.4. The van der Waals surface area contributed by atoms with Gasteiger partial charge in [-0.2, -0.15) is 0 Å². The van der Waals surface area contributed by atoms with Crippen LogP contribution in [0.4, 0.5) is 4.79 Å². The Morgan fingerprint density at radius 3 is 2.64 bits per heavy atom. The van der Waals surface area contributed by atoms with Gasteiger partial charge >= 0.3 is 6.03 Å². The molecular formula is C17H25N3O2. The standard InChI is InChI=1S/C17H25N3O2/c1-4-14(3)18-16(21)12-20-10-9-19(17(20)22)11-15-8-6-5-7-13(15)2/h5-8,14H,4,9-12H2,1-3H3,(H,18,21). The number of nitrogens with one attached hydrogen (secondary N) is 1. The Morgan fingerprint density at radius 1 is 1.27 bits per heavy atom. The van der Waals surface area contributed by atoms with E-state index in [2.05, 4.69) is 5.32 Å². The smallest absolute Gasteiger partial charge is 0.320 e. The molecule has 0 radical (unpaired) electrons. The van der Waals surface area contributed by atoms with Gasteiger partial charge in [-0.3, -0.25) is 4.79 Å². The van der Waals surface area contributed by atoms with E-state index in [4.69, 9.17) is 0 Å². The fraction of sp³-hybridized carbons (Fsp3) is 0.529. The second-order valence-corrected chi connectivity index (χ2v) is 5.93. The van der Waals surface area contributed by atoms with E-state index < -0.39 is 0 Å². The van der Waals surface area contributed by atoms with Gasteiger partial charge in [0.2, 0.25) is 5.91 Å². The van der Waals surface area contributed by atoms with Crippen molar-refractivity contribution in [3.05, 3.63) is 35.4 Å². The number of rotatable bonds is 6. The quantitative estimate of drug-likeness (QED) is 0.875. The molecule has 0 saturated carbocycles. The lowest BCUT2D eigenvalue weighted by Gasteiger charge is -2.20. The van der Waals surface area contributed by atoms with Gasteiger partial charge in [-0.25, -0.2) is 4.79 Å². The molecule has 5 heteroatoms. The molecule has 0 aliphatic carbocycles. The molecule has 1 fully saturated rings. The number of nitrogens with zero attached hydrogens (tertiary/aromatic N) is 2. The molecule has 1 saturated heterocycles. The third-order valence-corrected chi connectivity index (χ3v) is 4.16. The predicted molar refractivity (Wildman–Crippen MR) is 86.5 cm³/mol. The number of benzene rings is 1. The van der Waals surface area contributed by atoms with Crippen LogP contribution in [0.15, 0.2) is 24.3 Å². The summed E-state index contributed by atoms with van der Waals surface area (Å²) in [7, 11) is 0. The molecule has 1 aromatic carbocycles. The average molecular weight is 303 g/mol. The Labute approximate surface area is 132 Å². The van der Waals surface area contributed by atoms with Crippen molar-refractivity contribution in [3.8, 4) is 0 Å².